The molecule has 132 valence electrons. The van der Waals surface area contributed by atoms with Gasteiger partial charge in [0, 0.05) is 6.92 Å². The van der Waals surface area contributed by atoms with Gasteiger partial charge in [-0.2, -0.15) is 23.5 Å². The lowest BCUT2D eigenvalue weighted by Crippen LogP contribution is -2.11. The van der Waals surface area contributed by atoms with Crippen molar-refractivity contribution in [1.29, 1.82) is 5.26 Å². The molecule has 0 radical (unpaired) electrons. The van der Waals surface area contributed by atoms with Crippen LogP contribution in [0.2, 0.25) is 10.0 Å². The fourth-order valence-electron chi connectivity index (χ4n) is 2.03. The van der Waals surface area contributed by atoms with Crippen LogP contribution in [0.1, 0.15) is 28.7 Å². The van der Waals surface area contributed by atoms with E-state index >= 15 is 0 Å². The van der Waals surface area contributed by atoms with E-state index in [2.05, 4.69) is 5.10 Å². The van der Waals surface area contributed by atoms with Crippen molar-refractivity contribution in [3.63, 3.8) is 0 Å². The van der Waals surface area contributed by atoms with Gasteiger partial charge in [-0.15, -0.1) is 3.89 Å². The lowest BCUT2D eigenvalue weighted by molar-refractivity contribution is -0.137. The molecule has 1 unspecified atom stereocenters. The monoisotopic (exact) mass is 413 g/mol. The molecule has 0 aliphatic carbocycles. The minimum Gasteiger partial charge on any atom is -0.293 e. The van der Waals surface area contributed by atoms with E-state index in [0.29, 0.717) is 16.8 Å². The molecule has 0 N–H and O–H groups in total. The first-order chi connectivity index (χ1) is 11.5. The van der Waals surface area contributed by atoms with Crippen LogP contribution in [0.3, 0.4) is 0 Å². The zero-order chi connectivity index (χ0) is 19.1. The molecule has 0 saturated heterocycles. The van der Waals surface area contributed by atoms with Crippen molar-refractivity contribution in [3.05, 3.63) is 39.1 Å². The summed E-state index contributed by atoms with van der Waals surface area (Å²) in [7, 11) is 0. The van der Waals surface area contributed by atoms with Crippen molar-refractivity contribution in [2.45, 2.75) is 18.0 Å². The zero-order valence-electron chi connectivity index (χ0n) is 12.0. The third kappa shape index (κ3) is 3.53. The second-order valence-electron chi connectivity index (χ2n) is 4.62. The highest BCUT2D eigenvalue weighted by Crippen LogP contribution is 2.38. The molecule has 12 heteroatoms. The van der Waals surface area contributed by atoms with Crippen LogP contribution >= 0.6 is 23.2 Å². The van der Waals surface area contributed by atoms with E-state index < -0.39 is 55.0 Å². The summed E-state index contributed by atoms with van der Waals surface area (Å²) < 4.78 is 63.6. The number of benzene rings is 1. The smallest absolute Gasteiger partial charge is 0.293 e. The van der Waals surface area contributed by atoms with Crippen LogP contribution in [0.25, 0.3) is 5.69 Å². The van der Waals surface area contributed by atoms with Crippen LogP contribution < -0.4 is 0 Å². The summed E-state index contributed by atoms with van der Waals surface area (Å²) in [5.74, 6) is -0.845. The van der Waals surface area contributed by atoms with E-state index in [4.69, 9.17) is 28.5 Å². The maximum atomic E-state index is 13.4. The first-order valence-corrected chi connectivity index (χ1v) is 7.98. The Kier molecular flexibility index (Phi) is 5.22. The number of halogens is 6. The van der Waals surface area contributed by atoms with Gasteiger partial charge in [0.05, 0.1) is 15.6 Å². The Bertz CT molecular complexity index is 927. The topological polar surface area (TPSA) is 75.8 Å². The molecule has 0 spiro atoms. The molecule has 0 bridgehead atoms. The van der Waals surface area contributed by atoms with Crippen molar-refractivity contribution < 1.29 is 26.1 Å². The van der Waals surface area contributed by atoms with E-state index in [-0.39, 0.29) is 5.69 Å². The SMILES string of the molecule is CC(=O)c1c(S(=O)F)c(C#N)nn1-c1c(Cl)cc(C(F)(F)F)cc1Cl. The number of carbonyl (C=O) groups is 1. The molecule has 0 aliphatic rings. The molecule has 0 saturated carbocycles. The van der Waals surface area contributed by atoms with Crippen LogP contribution in [0.4, 0.5) is 17.1 Å². The normalized spacial score (nSPS) is 12.7. The van der Waals surface area contributed by atoms with E-state index in [9.17, 15) is 26.1 Å². The Morgan fingerprint density at radius 1 is 1.32 bits per heavy atom. The molecule has 1 heterocycles. The third-order valence-electron chi connectivity index (χ3n) is 3.00. The highest BCUT2D eigenvalue weighted by atomic mass is 35.5. The van der Waals surface area contributed by atoms with Gasteiger partial charge in [-0.1, -0.05) is 23.2 Å². The quantitative estimate of drug-likeness (QED) is 0.427. The Labute approximate surface area is 150 Å². The predicted molar refractivity (Wildman–Crippen MR) is 80.8 cm³/mol. The molecule has 2 aromatic rings. The maximum Gasteiger partial charge on any atom is 0.416 e. The molecule has 25 heavy (non-hydrogen) atoms. The van der Waals surface area contributed by atoms with Crippen molar-refractivity contribution in [2.24, 2.45) is 0 Å². The molecular formula is C13H5Cl2F4N3O2S. The summed E-state index contributed by atoms with van der Waals surface area (Å²) in [5.41, 5.74) is -2.83. The first kappa shape index (κ1) is 19.4. The molecular weight excluding hydrogens is 409 g/mol. The minimum atomic E-state index is -4.73. The van der Waals surface area contributed by atoms with Gasteiger partial charge in [0.25, 0.3) is 0 Å². The number of hydrogen-bond acceptors (Lipinski definition) is 4. The summed E-state index contributed by atoms with van der Waals surface area (Å²) in [5, 5.41) is 11.5. The Morgan fingerprint density at radius 3 is 2.20 bits per heavy atom. The van der Waals surface area contributed by atoms with Crippen LogP contribution in [0, 0.1) is 11.3 Å². The number of carbonyl (C=O) groups excluding carboxylic acids is 1. The predicted octanol–water partition coefficient (Wildman–Crippen LogP) is 4.26. The van der Waals surface area contributed by atoms with Gasteiger partial charge in [0.1, 0.15) is 22.3 Å². The molecule has 0 fully saturated rings. The van der Waals surface area contributed by atoms with E-state index in [1.165, 1.54) is 6.07 Å². The van der Waals surface area contributed by atoms with Crippen molar-refractivity contribution >= 4 is 40.2 Å². The van der Waals surface area contributed by atoms with Gasteiger partial charge in [0.15, 0.2) is 11.5 Å². The van der Waals surface area contributed by atoms with Gasteiger partial charge < -0.3 is 0 Å². The van der Waals surface area contributed by atoms with Gasteiger partial charge in [-0.05, 0) is 12.1 Å². The highest BCUT2D eigenvalue weighted by molar-refractivity contribution is 7.80. The van der Waals surface area contributed by atoms with Crippen LogP contribution in [0.5, 0.6) is 0 Å². The number of hydrogen-bond donors (Lipinski definition) is 0. The van der Waals surface area contributed by atoms with E-state index in [1.54, 1.807) is 0 Å². The Morgan fingerprint density at radius 2 is 1.84 bits per heavy atom. The van der Waals surface area contributed by atoms with E-state index in [0.717, 1.165) is 6.92 Å². The molecule has 5 nitrogen and oxygen atoms in total. The summed E-state index contributed by atoms with van der Waals surface area (Å²) in [6.45, 7) is 0.969. The van der Waals surface area contributed by atoms with Crippen molar-refractivity contribution in [1.82, 2.24) is 9.78 Å². The summed E-state index contributed by atoms with van der Waals surface area (Å²) in [4.78, 5) is 11.0. The Hall–Kier alpha value is -1.96. The fourth-order valence-corrected chi connectivity index (χ4v) is 3.30. The van der Waals surface area contributed by atoms with Crippen molar-refractivity contribution in [3.8, 4) is 11.8 Å². The Balaban J connectivity index is 2.87. The number of nitrogens with zero attached hydrogens (tertiary/aromatic N) is 3. The van der Waals surface area contributed by atoms with Gasteiger partial charge in [0.2, 0.25) is 11.2 Å². The zero-order valence-corrected chi connectivity index (χ0v) is 14.3. The number of alkyl halides is 3. The fraction of sp³-hybridized carbons (Fsp3) is 0.154. The third-order valence-corrected chi connectivity index (χ3v) is 4.28. The first-order valence-electron chi connectivity index (χ1n) is 6.17. The average molecular weight is 414 g/mol. The van der Waals surface area contributed by atoms with Gasteiger partial charge in [-0.25, -0.2) is 8.89 Å². The molecule has 1 aromatic carbocycles. The second kappa shape index (κ2) is 6.74. The second-order valence-corrected chi connectivity index (χ2v) is 6.29. The summed E-state index contributed by atoms with van der Waals surface area (Å²) in [6.07, 6.45) is -4.73. The highest BCUT2D eigenvalue weighted by Gasteiger charge is 2.34. The number of Topliss-reactive ketones (excluding diaryl/α,β-unsaturated/α-hetero) is 1. The van der Waals surface area contributed by atoms with Gasteiger partial charge >= 0.3 is 6.18 Å². The lowest BCUT2D eigenvalue weighted by Gasteiger charge is -2.13. The number of ketones is 1. The van der Waals surface area contributed by atoms with Crippen molar-refractivity contribution in [2.75, 3.05) is 0 Å². The van der Waals surface area contributed by atoms with Gasteiger partial charge in [-0.3, -0.25) is 4.79 Å². The maximum absolute atomic E-state index is 13.4. The molecule has 2 rings (SSSR count). The standard InChI is InChI=1S/C13H5Cl2F4N3O2S/c1-5(23)10-12(25(19)24)9(4-20)21-22(10)11-7(14)2-6(3-8(11)15)13(16,17)18/h2-3H,1H3. The molecule has 0 amide bonds. The molecule has 1 atom stereocenters. The van der Waals surface area contributed by atoms with Crippen LogP contribution in [-0.2, 0) is 17.4 Å². The van der Waals surface area contributed by atoms with E-state index in [1.807, 2.05) is 0 Å². The molecule has 1 aromatic heterocycles. The molecule has 0 aliphatic heterocycles. The largest absolute Gasteiger partial charge is 0.416 e. The average Bonchev–Trinajstić information content (AvgIpc) is 2.85. The minimum absolute atomic E-state index is 0.380. The summed E-state index contributed by atoms with van der Waals surface area (Å²) >= 11 is 8.40. The van der Waals surface area contributed by atoms with Crippen LogP contribution in [0.15, 0.2) is 17.0 Å². The number of aromatic nitrogens is 2. The number of nitriles is 1. The van der Waals surface area contributed by atoms with Crippen LogP contribution in [-0.4, -0.2) is 19.8 Å². The lowest BCUT2D eigenvalue weighted by atomic mass is 10.2. The number of rotatable bonds is 3. The summed E-state index contributed by atoms with van der Waals surface area (Å²) in [6, 6.07) is 2.52.